The molecule has 5 heteroatoms. The lowest BCUT2D eigenvalue weighted by atomic mass is 10.1. The number of hydrogen-bond donors (Lipinski definition) is 0. The highest BCUT2D eigenvalue weighted by atomic mass is 16.2. The summed E-state index contributed by atoms with van der Waals surface area (Å²) in [4.78, 5) is 33.4. The minimum Gasteiger partial charge on any atom is -0.333 e. The van der Waals surface area contributed by atoms with Crippen molar-refractivity contribution >= 4 is 16.8 Å². The summed E-state index contributed by atoms with van der Waals surface area (Å²) >= 11 is 0. The van der Waals surface area contributed by atoms with Gasteiger partial charge in [0.05, 0.1) is 22.6 Å². The Hall–Kier alpha value is -2.95. The van der Waals surface area contributed by atoms with Gasteiger partial charge < -0.3 is 4.90 Å². The summed E-state index contributed by atoms with van der Waals surface area (Å²) in [5, 5.41) is 0.572. The number of rotatable bonds is 7. The van der Waals surface area contributed by atoms with Crippen molar-refractivity contribution in [3.63, 3.8) is 0 Å². The van der Waals surface area contributed by atoms with E-state index in [1.807, 2.05) is 75.1 Å². The average Bonchev–Trinajstić information content (AvgIpc) is 2.74. The third-order valence-corrected chi connectivity index (χ3v) is 5.66. The molecule has 1 aromatic heterocycles. The average molecular weight is 420 g/mol. The Balaban J connectivity index is 2.22. The lowest BCUT2D eigenvalue weighted by Crippen LogP contribution is -2.40. The van der Waals surface area contributed by atoms with Gasteiger partial charge in [-0.05, 0) is 50.5 Å². The summed E-state index contributed by atoms with van der Waals surface area (Å²) < 4.78 is 1.67. The molecule has 164 valence electrons. The van der Waals surface area contributed by atoms with Crippen molar-refractivity contribution in [1.29, 1.82) is 0 Å². The number of carbonyl (C=O) groups is 1. The molecule has 0 bridgehead atoms. The van der Waals surface area contributed by atoms with Crippen molar-refractivity contribution in [2.75, 3.05) is 6.54 Å². The van der Waals surface area contributed by atoms with Crippen LogP contribution in [0.3, 0.4) is 0 Å². The van der Waals surface area contributed by atoms with E-state index in [-0.39, 0.29) is 23.4 Å². The second kappa shape index (κ2) is 9.46. The summed E-state index contributed by atoms with van der Waals surface area (Å²) in [6.45, 7) is 12.8. The Labute approximate surface area is 184 Å². The standard InChI is InChI=1S/C26H33N3O2/c1-17(2)15-16-28(25(30)18(3)4)20(6)24-27-23-10-8-7-9-22(23)26(31)29(24)21-13-11-19(5)12-14-21/h7-14,17-18,20H,15-16H2,1-6H3. The summed E-state index contributed by atoms with van der Waals surface area (Å²) in [7, 11) is 0. The Morgan fingerprint density at radius 3 is 2.26 bits per heavy atom. The number of aryl methyl sites for hydroxylation is 1. The number of para-hydroxylation sites is 1. The first-order valence-electron chi connectivity index (χ1n) is 11.1. The van der Waals surface area contributed by atoms with Crippen molar-refractivity contribution in [2.24, 2.45) is 11.8 Å². The number of hydrogen-bond acceptors (Lipinski definition) is 3. The second-order valence-electron chi connectivity index (χ2n) is 9.01. The van der Waals surface area contributed by atoms with Gasteiger partial charge in [0.25, 0.3) is 5.56 Å². The molecule has 0 aliphatic carbocycles. The van der Waals surface area contributed by atoms with Gasteiger partial charge >= 0.3 is 0 Å². The van der Waals surface area contributed by atoms with E-state index >= 15 is 0 Å². The number of fused-ring (bicyclic) bond motifs is 1. The van der Waals surface area contributed by atoms with Crippen molar-refractivity contribution in [2.45, 2.75) is 54.0 Å². The SMILES string of the molecule is Cc1ccc(-n2c(C(C)N(CCC(C)C)C(=O)C(C)C)nc3ccccc3c2=O)cc1. The van der Waals surface area contributed by atoms with Gasteiger partial charge in [0.2, 0.25) is 5.91 Å². The number of nitrogens with zero attached hydrogens (tertiary/aromatic N) is 3. The predicted molar refractivity (Wildman–Crippen MR) is 126 cm³/mol. The van der Waals surface area contributed by atoms with Crippen LogP contribution in [0.25, 0.3) is 16.6 Å². The van der Waals surface area contributed by atoms with E-state index in [4.69, 9.17) is 4.98 Å². The summed E-state index contributed by atoms with van der Waals surface area (Å²) in [6, 6.07) is 14.9. The second-order valence-corrected chi connectivity index (χ2v) is 9.01. The first-order valence-corrected chi connectivity index (χ1v) is 11.1. The molecule has 0 aliphatic rings. The molecule has 1 amide bonds. The Morgan fingerprint density at radius 2 is 1.65 bits per heavy atom. The maximum atomic E-state index is 13.6. The number of benzene rings is 2. The summed E-state index contributed by atoms with van der Waals surface area (Å²) in [5.41, 5.74) is 2.42. The van der Waals surface area contributed by atoms with Gasteiger partial charge in [0, 0.05) is 12.5 Å². The van der Waals surface area contributed by atoms with Gasteiger partial charge in [-0.2, -0.15) is 0 Å². The first kappa shape index (κ1) is 22.7. The van der Waals surface area contributed by atoms with Crippen LogP contribution in [0.5, 0.6) is 0 Å². The van der Waals surface area contributed by atoms with Crippen molar-refractivity contribution in [3.05, 3.63) is 70.3 Å². The zero-order valence-corrected chi connectivity index (χ0v) is 19.4. The molecule has 0 aliphatic heterocycles. The maximum absolute atomic E-state index is 13.6. The zero-order chi connectivity index (χ0) is 22.7. The Morgan fingerprint density at radius 1 is 1.00 bits per heavy atom. The lowest BCUT2D eigenvalue weighted by Gasteiger charge is -2.32. The van der Waals surface area contributed by atoms with Crippen molar-refractivity contribution in [1.82, 2.24) is 14.5 Å². The Bertz CT molecular complexity index is 1110. The molecule has 0 N–H and O–H groups in total. The van der Waals surface area contributed by atoms with E-state index in [0.717, 1.165) is 17.7 Å². The van der Waals surface area contributed by atoms with Crippen LogP contribution in [0.4, 0.5) is 0 Å². The Kier molecular flexibility index (Phi) is 6.94. The monoisotopic (exact) mass is 419 g/mol. The number of amides is 1. The minimum atomic E-state index is -0.341. The van der Waals surface area contributed by atoms with Gasteiger partial charge in [-0.25, -0.2) is 4.98 Å². The van der Waals surface area contributed by atoms with Crippen LogP contribution in [0.15, 0.2) is 53.3 Å². The van der Waals surface area contributed by atoms with E-state index in [2.05, 4.69) is 13.8 Å². The molecular weight excluding hydrogens is 386 g/mol. The largest absolute Gasteiger partial charge is 0.333 e. The molecule has 3 aromatic rings. The summed E-state index contributed by atoms with van der Waals surface area (Å²) in [5.74, 6) is 1.00. The van der Waals surface area contributed by atoms with Crippen LogP contribution in [0.2, 0.25) is 0 Å². The van der Waals surface area contributed by atoms with Gasteiger partial charge in [-0.15, -0.1) is 0 Å². The molecule has 0 radical (unpaired) electrons. The normalized spacial score (nSPS) is 12.5. The quantitative estimate of drug-likeness (QED) is 0.523. The molecule has 5 nitrogen and oxygen atoms in total. The van der Waals surface area contributed by atoms with Crippen LogP contribution in [-0.4, -0.2) is 26.9 Å². The highest BCUT2D eigenvalue weighted by Gasteiger charge is 2.28. The molecule has 0 saturated carbocycles. The molecule has 2 aromatic carbocycles. The number of carbonyl (C=O) groups excluding carboxylic acids is 1. The van der Waals surface area contributed by atoms with Crippen LogP contribution in [0.1, 0.15) is 58.5 Å². The number of aromatic nitrogens is 2. The molecule has 1 atom stereocenters. The van der Waals surface area contributed by atoms with Crippen LogP contribution in [-0.2, 0) is 4.79 Å². The van der Waals surface area contributed by atoms with Crippen molar-refractivity contribution < 1.29 is 4.79 Å². The third kappa shape index (κ3) is 4.87. The fourth-order valence-electron chi connectivity index (χ4n) is 3.74. The third-order valence-electron chi connectivity index (χ3n) is 5.66. The highest BCUT2D eigenvalue weighted by Crippen LogP contribution is 2.25. The van der Waals surface area contributed by atoms with E-state index in [0.29, 0.717) is 29.2 Å². The zero-order valence-electron chi connectivity index (χ0n) is 19.4. The van der Waals surface area contributed by atoms with E-state index in [1.165, 1.54) is 0 Å². The topological polar surface area (TPSA) is 55.2 Å². The van der Waals surface area contributed by atoms with Crippen LogP contribution >= 0.6 is 0 Å². The minimum absolute atomic E-state index is 0.0750. The van der Waals surface area contributed by atoms with Gasteiger partial charge in [0.15, 0.2) is 0 Å². The fraction of sp³-hybridized carbons (Fsp3) is 0.423. The van der Waals surface area contributed by atoms with Crippen LogP contribution < -0.4 is 5.56 Å². The fourth-order valence-corrected chi connectivity index (χ4v) is 3.74. The lowest BCUT2D eigenvalue weighted by molar-refractivity contribution is -0.137. The summed E-state index contributed by atoms with van der Waals surface area (Å²) in [6.07, 6.45) is 0.894. The predicted octanol–water partition coefficient (Wildman–Crippen LogP) is 5.29. The smallest absolute Gasteiger partial charge is 0.266 e. The van der Waals surface area contributed by atoms with E-state index < -0.39 is 0 Å². The molecule has 0 fully saturated rings. The molecular formula is C26H33N3O2. The molecule has 1 unspecified atom stereocenters. The van der Waals surface area contributed by atoms with Crippen molar-refractivity contribution in [3.8, 4) is 5.69 Å². The van der Waals surface area contributed by atoms with Gasteiger partial charge in [0.1, 0.15) is 5.82 Å². The maximum Gasteiger partial charge on any atom is 0.266 e. The van der Waals surface area contributed by atoms with E-state index in [9.17, 15) is 9.59 Å². The van der Waals surface area contributed by atoms with Crippen LogP contribution in [0, 0.1) is 18.8 Å². The molecule has 3 rings (SSSR count). The highest BCUT2D eigenvalue weighted by molar-refractivity contribution is 5.79. The molecule has 0 spiro atoms. The molecule has 0 saturated heterocycles. The molecule has 31 heavy (non-hydrogen) atoms. The van der Waals surface area contributed by atoms with E-state index in [1.54, 1.807) is 10.6 Å². The first-order chi connectivity index (χ1) is 14.7. The van der Waals surface area contributed by atoms with Gasteiger partial charge in [-0.3, -0.25) is 14.2 Å². The molecule has 1 heterocycles. The van der Waals surface area contributed by atoms with Gasteiger partial charge in [-0.1, -0.05) is 57.5 Å².